The van der Waals surface area contributed by atoms with E-state index in [2.05, 4.69) is 10.00 Å². The van der Waals surface area contributed by atoms with E-state index in [1.54, 1.807) is 7.11 Å². The summed E-state index contributed by atoms with van der Waals surface area (Å²) >= 11 is 0. The highest BCUT2D eigenvalue weighted by molar-refractivity contribution is 5.82. The number of likely N-dealkylation sites (tertiary alicyclic amines) is 2. The number of hydrogen-bond donors (Lipinski definition) is 1. The highest BCUT2D eigenvalue weighted by atomic mass is 19.4. The van der Waals surface area contributed by atoms with Crippen molar-refractivity contribution in [2.24, 2.45) is 18.9 Å². The largest absolute Gasteiger partial charge is 0.490 e. The molecular formula is C16H23F3N4O4. The van der Waals surface area contributed by atoms with Crippen LogP contribution in [0.25, 0.3) is 0 Å². The Kier molecular flexibility index (Phi) is 6.82. The fourth-order valence-corrected chi connectivity index (χ4v) is 3.38. The van der Waals surface area contributed by atoms with E-state index in [0.717, 1.165) is 32.7 Å². The molecule has 2 aliphatic heterocycles. The van der Waals surface area contributed by atoms with Gasteiger partial charge in [0.15, 0.2) is 0 Å². The molecule has 11 heteroatoms. The zero-order valence-corrected chi connectivity index (χ0v) is 15.1. The SMILES string of the molecule is COCCN1C[C@@H]2CN(Cc3cnn(C)c3)C[C@@H]2C1=O.O=C(O)C(F)(F)F. The maximum absolute atomic E-state index is 12.3. The van der Waals surface area contributed by atoms with Gasteiger partial charge in [-0.25, -0.2) is 4.79 Å². The minimum absolute atomic E-state index is 0.184. The normalized spacial score (nSPS) is 22.6. The first kappa shape index (κ1) is 21.2. The van der Waals surface area contributed by atoms with Gasteiger partial charge >= 0.3 is 12.1 Å². The number of methoxy groups -OCH3 is 1. The summed E-state index contributed by atoms with van der Waals surface area (Å²) in [5.74, 6) is -1.78. The average Bonchev–Trinajstić information content (AvgIpc) is 3.23. The Morgan fingerprint density at radius 1 is 1.37 bits per heavy atom. The summed E-state index contributed by atoms with van der Waals surface area (Å²) in [5, 5.41) is 11.3. The molecule has 3 heterocycles. The molecule has 2 atom stereocenters. The lowest BCUT2D eigenvalue weighted by atomic mass is 10.0. The summed E-state index contributed by atoms with van der Waals surface area (Å²) in [6.07, 6.45) is -1.14. The quantitative estimate of drug-likeness (QED) is 0.789. The van der Waals surface area contributed by atoms with Crippen LogP contribution >= 0.6 is 0 Å². The number of nitrogens with zero attached hydrogens (tertiary/aromatic N) is 4. The van der Waals surface area contributed by atoms with Gasteiger partial charge in [-0.05, 0) is 0 Å². The Morgan fingerprint density at radius 3 is 2.52 bits per heavy atom. The Bertz CT molecular complexity index is 664. The molecule has 2 aliphatic rings. The Balaban J connectivity index is 0.000000321. The smallest absolute Gasteiger partial charge is 0.475 e. The molecule has 0 saturated carbocycles. The molecule has 0 aromatic carbocycles. The average molecular weight is 392 g/mol. The van der Waals surface area contributed by atoms with Crippen molar-refractivity contribution in [2.75, 3.05) is 39.9 Å². The summed E-state index contributed by atoms with van der Waals surface area (Å²) in [7, 11) is 3.61. The van der Waals surface area contributed by atoms with Gasteiger partial charge in [0, 0.05) is 64.6 Å². The molecule has 8 nitrogen and oxygen atoms in total. The number of hydrogen-bond acceptors (Lipinski definition) is 5. The second-order valence-electron chi connectivity index (χ2n) is 6.66. The Hall–Kier alpha value is -2.14. The van der Waals surface area contributed by atoms with Crippen LogP contribution in [-0.4, -0.2) is 82.6 Å². The van der Waals surface area contributed by atoms with Crippen molar-refractivity contribution in [3.8, 4) is 0 Å². The molecule has 27 heavy (non-hydrogen) atoms. The second kappa shape index (κ2) is 8.70. The lowest BCUT2D eigenvalue weighted by Crippen LogP contribution is -2.34. The molecule has 1 N–H and O–H groups in total. The van der Waals surface area contributed by atoms with Crippen molar-refractivity contribution in [2.45, 2.75) is 12.7 Å². The number of carboxylic acid groups (broad SMARTS) is 1. The number of aromatic nitrogens is 2. The zero-order valence-electron chi connectivity index (χ0n) is 15.1. The Labute approximate surface area is 154 Å². The first-order valence-electron chi connectivity index (χ1n) is 8.39. The number of carbonyl (C=O) groups excluding carboxylic acids is 1. The highest BCUT2D eigenvalue weighted by Crippen LogP contribution is 2.32. The molecule has 2 fully saturated rings. The first-order chi connectivity index (χ1) is 12.6. The van der Waals surface area contributed by atoms with Crippen LogP contribution in [0.15, 0.2) is 12.4 Å². The number of fused-ring (bicyclic) bond motifs is 1. The van der Waals surface area contributed by atoms with E-state index in [1.165, 1.54) is 5.56 Å². The standard InChI is InChI=1S/C14H22N4O2.C2HF3O2/c1-16-6-11(5-15-16)7-17-8-12-9-18(3-4-20-2)14(19)13(12)10-17;3-2(4,5)1(6)7/h5-6,12-13H,3-4,7-10H2,1-2H3;(H,6,7)/t12-,13-;/m0./s1. The second-order valence-corrected chi connectivity index (χ2v) is 6.66. The lowest BCUT2D eigenvalue weighted by Gasteiger charge is -2.21. The van der Waals surface area contributed by atoms with Gasteiger partial charge in [0.25, 0.3) is 0 Å². The number of aryl methyl sites for hydroxylation is 1. The fraction of sp³-hybridized carbons (Fsp3) is 0.688. The third-order valence-corrected chi connectivity index (χ3v) is 4.57. The van der Waals surface area contributed by atoms with E-state index < -0.39 is 12.1 Å². The van der Waals surface area contributed by atoms with Crippen molar-refractivity contribution in [3.63, 3.8) is 0 Å². The van der Waals surface area contributed by atoms with Crippen molar-refractivity contribution in [1.82, 2.24) is 19.6 Å². The summed E-state index contributed by atoms with van der Waals surface area (Å²) < 4.78 is 38.6. The van der Waals surface area contributed by atoms with Crippen LogP contribution in [0.4, 0.5) is 13.2 Å². The van der Waals surface area contributed by atoms with Gasteiger partial charge < -0.3 is 14.7 Å². The number of amides is 1. The van der Waals surface area contributed by atoms with E-state index >= 15 is 0 Å². The van der Waals surface area contributed by atoms with Crippen LogP contribution in [0.5, 0.6) is 0 Å². The van der Waals surface area contributed by atoms with E-state index in [1.807, 2.05) is 29.0 Å². The molecule has 152 valence electrons. The maximum atomic E-state index is 12.3. The number of aliphatic carboxylic acids is 1. The molecule has 0 radical (unpaired) electrons. The van der Waals surface area contributed by atoms with Crippen molar-refractivity contribution < 1.29 is 32.6 Å². The molecule has 0 spiro atoms. The molecule has 0 aliphatic carbocycles. The maximum Gasteiger partial charge on any atom is 0.490 e. The molecule has 0 bridgehead atoms. The van der Waals surface area contributed by atoms with Gasteiger partial charge in [0.2, 0.25) is 5.91 Å². The molecule has 1 aromatic rings. The molecule has 0 unspecified atom stereocenters. The predicted molar refractivity (Wildman–Crippen MR) is 87.6 cm³/mol. The number of carboxylic acids is 1. The van der Waals surface area contributed by atoms with Crippen LogP contribution in [0.3, 0.4) is 0 Å². The summed E-state index contributed by atoms with van der Waals surface area (Å²) in [5.41, 5.74) is 1.22. The number of carbonyl (C=O) groups is 2. The topological polar surface area (TPSA) is 87.9 Å². The van der Waals surface area contributed by atoms with Crippen LogP contribution in [0.2, 0.25) is 0 Å². The van der Waals surface area contributed by atoms with Gasteiger partial charge in [-0.3, -0.25) is 14.4 Å². The Morgan fingerprint density at radius 2 is 2.04 bits per heavy atom. The van der Waals surface area contributed by atoms with Crippen LogP contribution < -0.4 is 0 Å². The third kappa shape index (κ3) is 5.67. The molecule has 1 amide bonds. The molecule has 3 rings (SSSR count). The van der Waals surface area contributed by atoms with Crippen LogP contribution in [-0.2, 0) is 27.9 Å². The van der Waals surface area contributed by atoms with Gasteiger partial charge in [0.1, 0.15) is 0 Å². The first-order valence-corrected chi connectivity index (χ1v) is 8.39. The van der Waals surface area contributed by atoms with Gasteiger partial charge in [0.05, 0.1) is 18.7 Å². The van der Waals surface area contributed by atoms with Crippen molar-refractivity contribution in [1.29, 1.82) is 0 Å². The summed E-state index contributed by atoms with van der Waals surface area (Å²) in [6, 6.07) is 0. The molecule has 1 aromatic heterocycles. The fourth-order valence-electron chi connectivity index (χ4n) is 3.38. The van der Waals surface area contributed by atoms with E-state index in [0.29, 0.717) is 18.4 Å². The number of ether oxygens (including phenoxy) is 1. The summed E-state index contributed by atoms with van der Waals surface area (Å²) in [4.78, 5) is 25.5. The minimum Gasteiger partial charge on any atom is -0.475 e. The van der Waals surface area contributed by atoms with Gasteiger partial charge in [-0.1, -0.05) is 0 Å². The van der Waals surface area contributed by atoms with Gasteiger partial charge in [-0.2, -0.15) is 18.3 Å². The zero-order chi connectivity index (χ0) is 20.2. The monoisotopic (exact) mass is 392 g/mol. The van der Waals surface area contributed by atoms with E-state index in [-0.39, 0.29) is 5.92 Å². The van der Waals surface area contributed by atoms with Crippen LogP contribution in [0.1, 0.15) is 5.56 Å². The van der Waals surface area contributed by atoms with E-state index in [9.17, 15) is 18.0 Å². The van der Waals surface area contributed by atoms with Gasteiger partial charge in [-0.15, -0.1) is 0 Å². The molecule has 2 saturated heterocycles. The van der Waals surface area contributed by atoms with Crippen molar-refractivity contribution >= 4 is 11.9 Å². The number of rotatable bonds is 5. The summed E-state index contributed by atoms with van der Waals surface area (Å²) in [6.45, 7) is 5.02. The predicted octanol–water partition coefficient (Wildman–Crippen LogP) is 0.590. The minimum atomic E-state index is -5.08. The number of halogens is 3. The lowest BCUT2D eigenvalue weighted by molar-refractivity contribution is -0.192. The third-order valence-electron chi connectivity index (χ3n) is 4.57. The highest BCUT2D eigenvalue weighted by Gasteiger charge is 2.45. The molecular weight excluding hydrogens is 369 g/mol. The van der Waals surface area contributed by atoms with E-state index in [4.69, 9.17) is 14.6 Å². The number of alkyl halides is 3. The van der Waals surface area contributed by atoms with Crippen LogP contribution in [0, 0.1) is 11.8 Å². The van der Waals surface area contributed by atoms with Crippen molar-refractivity contribution in [3.05, 3.63) is 18.0 Å².